The molecular weight excluding hydrogens is 300 g/mol. The van der Waals surface area contributed by atoms with E-state index in [9.17, 15) is 13.5 Å². The molecule has 0 unspecified atom stereocenters. The second kappa shape index (κ2) is 5.85. The van der Waals surface area contributed by atoms with Gasteiger partial charge in [0.25, 0.3) is 0 Å². The lowest BCUT2D eigenvalue weighted by Crippen LogP contribution is -2.08. The molecule has 1 aromatic carbocycles. The first-order valence-corrected chi connectivity index (χ1v) is 9.38. The lowest BCUT2D eigenvalue weighted by Gasteiger charge is -2.14. The van der Waals surface area contributed by atoms with Crippen molar-refractivity contribution >= 4 is 9.84 Å². The van der Waals surface area contributed by atoms with Crippen LogP contribution >= 0.6 is 0 Å². The zero-order valence-corrected chi connectivity index (χ0v) is 13.4. The molecule has 0 spiro atoms. The first kappa shape index (κ1) is 15.2. The normalized spacial score (nSPS) is 16.3. The van der Waals surface area contributed by atoms with Gasteiger partial charge in [0, 0.05) is 6.26 Å². The Bertz CT molecular complexity index is 757. The molecule has 5 nitrogen and oxygen atoms in total. The highest BCUT2D eigenvalue weighted by atomic mass is 32.2. The van der Waals surface area contributed by atoms with Crippen molar-refractivity contribution in [2.75, 3.05) is 6.26 Å². The van der Waals surface area contributed by atoms with Crippen LogP contribution in [0.25, 0.3) is 11.3 Å². The number of aliphatic hydroxyl groups excluding tert-OH is 1. The van der Waals surface area contributed by atoms with Crippen LogP contribution in [0.5, 0.6) is 0 Å². The standard InChI is InChI=1S/C16H20N2O3S/c1-22(20,21)15-8-6-12(7-9-15)16-10-13(11-19)17-18(16)14-4-2-3-5-14/h6-10,14,19H,2-5,11H2,1H3. The molecular formula is C16H20N2O3S. The van der Waals surface area contributed by atoms with E-state index in [0.717, 1.165) is 24.1 Å². The van der Waals surface area contributed by atoms with Gasteiger partial charge in [0.05, 0.1) is 28.9 Å². The zero-order chi connectivity index (χ0) is 15.7. The third-order valence-electron chi connectivity index (χ3n) is 4.20. The second-order valence-corrected chi connectivity index (χ2v) is 7.87. The average Bonchev–Trinajstić information content (AvgIpc) is 3.15. The molecule has 1 saturated carbocycles. The molecule has 22 heavy (non-hydrogen) atoms. The Balaban J connectivity index is 2.01. The fourth-order valence-corrected chi connectivity index (χ4v) is 3.67. The molecule has 1 fully saturated rings. The quantitative estimate of drug-likeness (QED) is 0.940. The largest absolute Gasteiger partial charge is 0.390 e. The summed E-state index contributed by atoms with van der Waals surface area (Å²) in [6.45, 7) is -0.0891. The Hall–Kier alpha value is -1.66. The Morgan fingerprint density at radius 3 is 2.41 bits per heavy atom. The van der Waals surface area contributed by atoms with E-state index in [1.807, 2.05) is 10.7 Å². The number of hydrogen-bond acceptors (Lipinski definition) is 4. The van der Waals surface area contributed by atoms with Gasteiger partial charge in [-0.2, -0.15) is 5.10 Å². The summed E-state index contributed by atoms with van der Waals surface area (Å²) in [6.07, 6.45) is 5.80. The molecule has 118 valence electrons. The van der Waals surface area contributed by atoms with Crippen LogP contribution in [0.4, 0.5) is 0 Å². The number of hydrogen-bond donors (Lipinski definition) is 1. The molecule has 1 aliphatic rings. The SMILES string of the molecule is CS(=O)(=O)c1ccc(-c2cc(CO)nn2C2CCCC2)cc1. The van der Waals surface area contributed by atoms with E-state index in [-0.39, 0.29) is 6.61 Å². The maximum absolute atomic E-state index is 11.6. The number of aliphatic hydroxyl groups is 1. The summed E-state index contributed by atoms with van der Waals surface area (Å²) in [6, 6.07) is 9.10. The number of benzene rings is 1. The number of nitrogens with zero attached hydrogens (tertiary/aromatic N) is 2. The maximum Gasteiger partial charge on any atom is 0.175 e. The van der Waals surface area contributed by atoms with Crippen LogP contribution in [-0.2, 0) is 16.4 Å². The van der Waals surface area contributed by atoms with Crippen LogP contribution < -0.4 is 0 Å². The van der Waals surface area contributed by atoms with Crippen molar-refractivity contribution in [2.24, 2.45) is 0 Å². The van der Waals surface area contributed by atoms with Crippen molar-refractivity contribution in [1.29, 1.82) is 0 Å². The lowest BCUT2D eigenvalue weighted by atomic mass is 10.1. The molecule has 3 rings (SSSR count). The van der Waals surface area contributed by atoms with Gasteiger partial charge in [-0.1, -0.05) is 25.0 Å². The Kier molecular flexibility index (Phi) is 4.06. The molecule has 0 amide bonds. The maximum atomic E-state index is 11.6. The van der Waals surface area contributed by atoms with Gasteiger partial charge in [0.2, 0.25) is 0 Å². The first-order valence-electron chi connectivity index (χ1n) is 7.49. The lowest BCUT2D eigenvalue weighted by molar-refractivity contribution is 0.274. The van der Waals surface area contributed by atoms with E-state index in [4.69, 9.17) is 0 Å². The minimum atomic E-state index is -3.19. The van der Waals surface area contributed by atoms with E-state index in [1.54, 1.807) is 24.3 Å². The van der Waals surface area contributed by atoms with Crippen molar-refractivity contribution in [1.82, 2.24) is 9.78 Å². The fraction of sp³-hybridized carbons (Fsp3) is 0.438. The highest BCUT2D eigenvalue weighted by Gasteiger charge is 2.22. The van der Waals surface area contributed by atoms with E-state index in [0.29, 0.717) is 16.6 Å². The number of sulfone groups is 1. The molecule has 2 aromatic rings. The fourth-order valence-electron chi connectivity index (χ4n) is 3.04. The zero-order valence-electron chi connectivity index (χ0n) is 12.6. The van der Waals surface area contributed by atoms with Gasteiger partial charge in [0.1, 0.15) is 0 Å². The van der Waals surface area contributed by atoms with Gasteiger partial charge in [-0.05, 0) is 36.6 Å². The number of aromatic nitrogens is 2. The van der Waals surface area contributed by atoms with Crippen molar-refractivity contribution < 1.29 is 13.5 Å². The number of rotatable bonds is 4. The van der Waals surface area contributed by atoms with Crippen LogP contribution in [0, 0.1) is 0 Å². The average molecular weight is 320 g/mol. The molecule has 1 aliphatic carbocycles. The molecule has 1 N–H and O–H groups in total. The summed E-state index contributed by atoms with van der Waals surface area (Å²) in [5.41, 5.74) is 2.51. The third kappa shape index (κ3) is 2.94. The van der Waals surface area contributed by atoms with Crippen LogP contribution in [-0.4, -0.2) is 29.6 Å². The predicted molar refractivity (Wildman–Crippen MR) is 84.2 cm³/mol. The van der Waals surface area contributed by atoms with Crippen molar-refractivity contribution in [3.8, 4) is 11.3 Å². The summed E-state index contributed by atoms with van der Waals surface area (Å²) >= 11 is 0. The summed E-state index contributed by atoms with van der Waals surface area (Å²) in [7, 11) is -3.19. The molecule has 0 aliphatic heterocycles. The topological polar surface area (TPSA) is 72.2 Å². The van der Waals surface area contributed by atoms with Crippen LogP contribution in [0.3, 0.4) is 0 Å². The van der Waals surface area contributed by atoms with Gasteiger partial charge in [-0.3, -0.25) is 4.68 Å². The molecule has 1 heterocycles. The summed E-state index contributed by atoms with van der Waals surface area (Å²) in [5.74, 6) is 0. The van der Waals surface area contributed by atoms with E-state index in [2.05, 4.69) is 5.10 Å². The Labute approximate surface area is 130 Å². The van der Waals surface area contributed by atoms with Crippen LogP contribution in [0.2, 0.25) is 0 Å². The summed E-state index contributed by atoms with van der Waals surface area (Å²) < 4.78 is 25.1. The van der Waals surface area contributed by atoms with Crippen molar-refractivity contribution in [3.63, 3.8) is 0 Å². The molecule has 0 radical (unpaired) electrons. The Morgan fingerprint density at radius 2 is 1.86 bits per heavy atom. The second-order valence-electron chi connectivity index (χ2n) is 5.86. The minimum Gasteiger partial charge on any atom is -0.390 e. The van der Waals surface area contributed by atoms with Gasteiger partial charge in [-0.15, -0.1) is 0 Å². The first-order chi connectivity index (χ1) is 10.5. The van der Waals surface area contributed by atoms with E-state index in [1.165, 1.54) is 19.1 Å². The molecule has 0 atom stereocenters. The predicted octanol–water partition coefficient (Wildman–Crippen LogP) is 2.56. The van der Waals surface area contributed by atoms with E-state index >= 15 is 0 Å². The van der Waals surface area contributed by atoms with Gasteiger partial charge in [-0.25, -0.2) is 8.42 Å². The third-order valence-corrected chi connectivity index (χ3v) is 5.33. The highest BCUT2D eigenvalue weighted by Crippen LogP contribution is 2.34. The summed E-state index contributed by atoms with van der Waals surface area (Å²) in [5, 5.41) is 13.9. The van der Waals surface area contributed by atoms with Gasteiger partial charge >= 0.3 is 0 Å². The van der Waals surface area contributed by atoms with E-state index < -0.39 is 9.84 Å². The Morgan fingerprint density at radius 1 is 1.23 bits per heavy atom. The molecule has 0 bridgehead atoms. The molecule has 6 heteroatoms. The van der Waals surface area contributed by atoms with Crippen molar-refractivity contribution in [2.45, 2.75) is 43.2 Å². The van der Waals surface area contributed by atoms with Crippen LogP contribution in [0.15, 0.2) is 35.2 Å². The van der Waals surface area contributed by atoms with Gasteiger partial charge < -0.3 is 5.11 Å². The van der Waals surface area contributed by atoms with Crippen LogP contribution in [0.1, 0.15) is 37.4 Å². The minimum absolute atomic E-state index is 0.0891. The van der Waals surface area contributed by atoms with Crippen molar-refractivity contribution in [3.05, 3.63) is 36.0 Å². The summed E-state index contributed by atoms with van der Waals surface area (Å²) in [4.78, 5) is 0.311. The molecule has 0 saturated heterocycles. The monoisotopic (exact) mass is 320 g/mol. The smallest absolute Gasteiger partial charge is 0.175 e. The van der Waals surface area contributed by atoms with Gasteiger partial charge in [0.15, 0.2) is 9.84 Å². The molecule has 1 aromatic heterocycles. The highest BCUT2D eigenvalue weighted by molar-refractivity contribution is 7.90.